The van der Waals surface area contributed by atoms with E-state index < -0.39 is 6.10 Å². The van der Waals surface area contributed by atoms with E-state index in [1.165, 1.54) is 0 Å². The van der Waals surface area contributed by atoms with Gasteiger partial charge >= 0.3 is 0 Å². The lowest BCUT2D eigenvalue weighted by atomic mass is 10.2. The molecule has 0 unspecified atom stereocenters. The molecule has 0 aliphatic heterocycles. The van der Waals surface area contributed by atoms with Crippen molar-refractivity contribution in [1.29, 1.82) is 0 Å². The maximum atomic E-state index is 9.53. The first kappa shape index (κ1) is 12.9. The highest BCUT2D eigenvalue weighted by molar-refractivity contribution is 5.13. The summed E-state index contributed by atoms with van der Waals surface area (Å²) in [6, 6.07) is 9.92. The zero-order valence-corrected chi connectivity index (χ0v) is 9.43. The molecule has 1 atom stereocenters. The van der Waals surface area contributed by atoms with E-state index in [9.17, 15) is 5.11 Å². The van der Waals surface area contributed by atoms with Crippen molar-refractivity contribution < 1.29 is 9.84 Å². The average Bonchev–Trinajstić information content (AvgIpc) is 2.31. The predicted octanol–water partition coefficient (Wildman–Crippen LogP) is 1.34. The van der Waals surface area contributed by atoms with Gasteiger partial charge in [0, 0.05) is 13.1 Å². The monoisotopic (exact) mass is 221 g/mol. The molecule has 0 amide bonds. The van der Waals surface area contributed by atoms with Crippen molar-refractivity contribution in [3.05, 3.63) is 48.6 Å². The van der Waals surface area contributed by atoms with Gasteiger partial charge in [0.25, 0.3) is 0 Å². The maximum Gasteiger partial charge on any atom is 0.0897 e. The van der Waals surface area contributed by atoms with E-state index in [-0.39, 0.29) is 0 Å². The van der Waals surface area contributed by atoms with Gasteiger partial charge in [-0.1, -0.05) is 36.4 Å². The molecule has 1 rings (SSSR count). The van der Waals surface area contributed by atoms with Gasteiger partial charge in [-0.15, -0.1) is 6.58 Å². The Morgan fingerprint density at radius 2 is 2.12 bits per heavy atom. The Kier molecular flexibility index (Phi) is 6.49. The van der Waals surface area contributed by atoms with Crippen LogP contribution in [0.4, 0.5) is 0 Å². The third-order valence-electron chi connectivity index (χ3n) is 2.09. The molecule has 88 valence electrons. The molecule has 1 aromatic carbocycles. The molecule has 16 heavy (non-hydrogen) atoms. The summed E-state index contributed by atoms with van der Waals surface area (Å²) in [5.41, 5.74) is 1.12. The van der Waals surface area contributed by atoms with Gasteiger partial charge < -0.3 is 15.2 Å². The molecule has 0 saturated heterocycles. The Labute approximate surface area is 96.8 Å². The Morgan fingerprint density at radius 3 is 2.81 bits per heavy atom. The van der Waals surface area contributed by atoms with Crippen LogP contribution in [-0.4, -0.2) is 30.9 Å². The first-order chi connectivity index (χ1) is 7.83. The van der Waals surface area contributed by atoms with Gasteiger partial charge in [-0.3, -0.25) is 0 Å². The van der Waals surface area contributed by atoms with Gasteiger partial charge in [0.15, 0.2) is 0 Å². The summed E-state index contributed by atoms with van der Waals surface area (Å²) in [6.45, 7) is 5.70. The Balaban J connectivity index is 2.08. The van der Waals surface area contributed by atoms with Gasteiger partial charge in [-0.05, 0) is 5.56 Å². The fourth-order valence-corrected chi connectivity index (χ4v) is 1.30. The van der Waals surface area contributed by atoms with Crippen molar-refractivity contribution in [3.63, 3.8) is 0 Å². The van der Waals surface area contributed by atoms with Crippen LogP contribution in [-0.2, 0) is 11.3 Å². The van der Waals surface area contributed by atoms with Crippen LogP contribution >= 0.6 is 0 Å². The maximum absolute atomic E-state index is 9.53. The predicted molar refractivity (Wildman–Crippen MR) is 65.2 cm³/mol. The lowest BCUT2D eigenvalue weighted by Crippen LogP contribution is -2.30. The fourth-order valence-electron chi connectivity index (χ4n) is 1.30. The Hall–Kier alpha value is -1.16. The highest BCUT2D eigenvalue weighted by Gasteiger charge is 2.02. The van der Waals surface area contributed by atoms with Crippen molar-refractivity contribution in [2.24, 2.45) is 0 Å². The average molecular weight is 221 g/mol. The number of hydrogen-bond acceptors (Lipinski definition) is 3. The van der Waals surface area contributed by atoms with Crippen LogP contribution in [0.2, 0.25) is 0 Å². The van der Waals surface area contributed by atoms with Crippen molar-refractivity contribution in [2.75, 3.05) is 19.7 Å². The number of nitrogens with one attached hydrogen (secondary N) is 1. The standard InChI is InChI=1S/C13H19NO2/c1-2-8-14-9-13(15)11-16-10-12-6-4-3-5-7-12/h2-7,13-15H,1,8-11H2/t13-/m0/s1. The van der Waals surface area contributed by atoms with Crippen molar-refractivity contribution in [1.82, 2.24) is 5.32 Å². The van der Waals surface area contributed by atoms with Crippen LogP contribution in [0.3, 0.4) is 0 Å². The van der Waals surface area contributed by atoms with E-state index >= 15 is 0 Å². The molecule has 0 saturated carbocycles. The molecule has 1 aromatic rings. The van der Waals surface area contributed by atoms with E-state index in [0.717, 1.165) is 5.56 Å². The topological polar surface area (TPSA) is 41.5 Å². The second-order valence-electron chi connectivity index (χ2n) is 3.60. The van der Waals surface area contributed by atoms with Crippen molar-refractivity contribution >= 4 is 0 Å². The Morgan fingerprint density at radius 1 is 1.38 bits per heavy atom. The van der Waals surface area contributed by atoms with Crippen molar-refractivity contribution in [2.45, 2.75) is 12.7 Å². The number of ether oxygens (including phenoxy) is 1. The highest BCUT2D eigenvalue weighted by Crippen LogP contribution is 2.00. The molecule has 0 aliphatic carbocycles. The van der Waals surface area contributed by atoms with Crippen LogP contribution in [0.15, 0.2) is 43.0 Å². The molecule has 3 heteroatoms. The summed E-state index contributed by atoms with van der Waals surface area (Å²) >= 11 is 0. The number of hydrogen-bond donors (Lipinski definition) is 2. The third kappa shape index (κ3) is 5.66. The summed E-state index contributed by atoms with van der Waals surface area (Å²) in [5.74, 6) is 0. The second kappa shape index (κ2) is 8.05. The molecule has 0 aromatic heterocycles. The summed E-state index contributed by atoms with van der Waals surface area (Å²) in [5, 5.41) is 12.6. The van der Waals surface area contributed by atoms with Crippen LogP contribution in [0.25, 0.3) is 0 Å². The Bertz CT molecular complexity index is 287. The third-order valence-corrected chi connectivity index (χ3v) is 2.09. The van der Waals surface area contributed by atoms with Crippen molar-refractivity contribution in [3.8, 4) is 0 Å². The minimum atomic E-state index is -0.469. The lowest BCUT2D eigenvalue weighted by molar-refractivity contribution is 0.0293. The molecular weight excluding hydrogens is 202 g/mol. The van der Waals surface area contributed by atoms with Gasteiger partial charge in [0.05, 0.1) is 19.3 Å². The fraction of sp³-hybridized carbons (Fsp3) is 0.385. The SMILES string of the molecule is C=CCNC[C@H](O)COCc1ccccc1. The second-order valence-corrected chi connectivity index (χ2v) is 3.60. The highest BCUT2D eigenvalue weighted by atomic mass is 16.5. The summed E-state index contributed by atoms with van der Waals surface area (Å²) in [6.07, 6.45) is 1.29. The van der Waals surface area contributed by atoms with Gasteiger partial charge in [-0.2, -0.15) is 0 Å². The van der Waals surface area contributed by atoms with Gasteiger partial charge in [0.1, 0.15) is 0 Å². The summed E-state index contributed by atoms with van der Waals surface area (Å²) in [4.78, 5) is 0. The lowest BCUT2D eigenvalue weighted by Gasteiger charge is -2.11. The summed E-state index contributed by atoms with van der Waals surface area (Å²) in [7, 11) is 0. The zero-order valence-electron chi connectivity index (χ0n) is 9.43. The van der Waals surface area contributed by atoms with Gasteiger partial charge in [-0.25, -0.2) is 0 Å². The molecule has 2 N–H and O–H groups in total. The van der Waals surface area contributed by atoms with Crippen LogP contribution in [0.1, 0.15) is 5.56 Å². The van der Waals surface area contributed by atoms with E-state index in [1.54, 1.807) is 6.08 Å². The number of benzene rings is 1. The van der Waals surface area contributed by atoms with E-state index in [0.29, 0.717) is 26.3 Å². The van der Waals surface area contributed by atoms with E-state index in [4.69, 9.17) is 4.74 Å². The van der Waals surface area contributed by atoms with Crippen LogP contribution in [0.5, 0.6) is 0 Å². The van der Waals surface area contributed by atoms with Crippen LogP contribution in [0, 0.1) is 0 Å². The van der Waals surface area contributed by atoms with Gasteiger partial charge in [0.2, 0.25) is 0 Å². The first-order valence-electron chi connectivity index (χ1n) is 5.44. The first-order valence-corrected chi connectivity index (χ1v) is 5.44. The van der Waals surface area contributed by atoms with E-state index in [1.807, 2.05) is 30.3 Å². The molecule has 0 radical (unpaired) electrons. The normalized spacial score (nSPS) is 12.3. The van der Waals surface area contributed by atoms with Crippen LogP contribution < -0.4 is 5.32 Å². The zero-order chi connectivity index (χ0) is 11.6. The molecule has 0 spiro atoms. The molecule has 0 fully saturated rings. The summed E-state index contributed by atoms with van der Waals surface area (Å²) < 4.78 is 5.40. The number of aliphatic hydroxyl groups excluding tert-OH is 1. The number of rotatable bonds is 8. The minimum absolute atomic E-state index is 0.346. The molecule has 0 bridgehead atoms. The van der Waals surface area contributed by atoms with E-state index in [2.05, 4.69) is 11.9 Å². The molecule has 3 nitrogen and oxygen atoms in total. The smallest absolute Gasteiger partial charge is 0.0897 e. The quantitative estimate of drug-likeness (QED) is 0.514. The molecule has 0 heterocycles. The number of aliphatic hydroxyl groups is 1. The largest absolute Gasteiger partial charge is 0.389 e. The molecular formula is C13H19NO2. The minimum Gasteiger partial charge on any atom is -0.389 e. The molecule has 0 aliphatic rings.